The third-order valence-electron chi connectivity index (χ3n) is 5.50. The van der Waals surface area contributed by atoms with Crippen LogP contribution in [-0.4, -0.2) is 39.5 Å². The fraction of sp³-hybridized carbons (Fsp3) is 0.435. The highest BCUT2D eigenvalue weighted by atomic mass is 16.5. The zero-order valence-corrected chi connectivity index (χ0v) is 17.5. The molecule has 4 rings (SSSR count). The average Bonchev–Trinajstić information content (AvgIpc) is 3.10. The molecule has 0 unspecified atom stereocenters. The predicted molar refractivity (Wildman–Crippen MR) is 114 cm³/mol. The van der Waals surface area contributed by atoms with Gasteiger partial charge in [0.25, 0.3) is 5.91 Å². The van der Waals surface area contributed by atoms with E-state index in [0.717, 1.165) is 49.1 Å². The zero-order valence-electron chi connectivity index (χ0n) is 17.5. The van der Waals surface area contributed by atoms with Crippen LogP contribution >= 0.6 is 0 Å². The number of rotatable bonds is 7. The molecule has 1 aliphatic heterocycles. The molecule has 0 atom stereocenters. The van der Waals surface area contributed by atoms with Crippen molar-refractivity contribution in [1.29, 1.82) is 0 Å². The molecule has 0 radical (unpaired) electrons. The summed E-state index contributed by atoms with van der Waals surface area (Å²) in [7, 11) is 0. The number of amides is 1. The fourth-order valence-corrected chi connectivity index (χ4v) is 3.67. The van der Waals surface area contributed by atoms with Crippen molar-refractivity contribution in [1.82, 2.24) is 20.1 Å². The maximum absolute atomic E-state index is 12.8. The number of aromatic nitrogens is 3. The molecule has 7 nitrogen and oxygen atoms in total. The van der Waals surface area contributed by atoms with Crippen LogP contribution in [0.5, 0.6) is 5.88 Å². The van der Waals surface area contributed by atoms with Gasteiger partial charge in [0.15, 0.2) is 5.60 Å². The lowest BCUT2D eigenvalue weighted by atomic mass is 10.0. The van der Waals surface area contributed by atoms with Crippen molar-refractivity contribution in [3.63, 3.8) is 0 Å². The molecule has 0 spiro atoms. The first-order valence-electron chi connectivity index (χ1n) is 10.4. The van der Waals surface area contributed by atoms with E-state index in [9.17, 15) is 4.79 Å². The first-order valence-corrected chi connectivity index (χ1v) is 10.4. The Labute approximate surface area is 176 Å². The smallest absolute Gasteiger partial charge is 0.263 e. The van der Waals surface area contributed by atoms with E-state index in [-0.39, 0.29) is 5.91 Å². The fourth-order valence-electron chi connectivity index (χ4n) is 3.67. The van der Waals surface area contributed by atoms with Gasteiger partial charge in [0.2, 0.25) is 5.88 Å². The van der Waals surface area contributed by atoms with Crippen molar-refractivity contribution in [2.75, 3.05) is 13.2 Å². The van der Waals surface area contributed by atoms with Gasteiger partial charge in [-0.3, -0.25) is 14.5 Å². The second-order valence-corrected chi connectivity index (χ2v) is 8.21. The van der Waals surface area contributed by atoms with Crippen molar-refractivity contribution in [3.8, 4) is 5.88 Å². The third kappa shape index (κ3) is 4.62. The standard InChI is InChI=1S/C23H28N4O3/c1-23(2,22(28)25-15-17-7-11-24-12-8-17)30-21-19-5-3-4-6-20(19)27(26-21)16-18-9-13-29-14-10-18/h3-8,11-12,18H,9-10,13-16H2,1-2H3,(H,25,28). The van der Waals surface area contributed by atoms with Crippen molar-refractivity contribution in [2.45, 2.75) is 45.4 Å². The van der Waals surface area contributed by atoms with E-state index in [4.69, 9.17) is 14.6 Å². The van der Waals surface area contributed by atoms with Gasteiger partial charge in [-0.2, -0.15) is 0 Å². The number of carbonyl (C=O) groups is 1. The summed E-state index contributed by atoms with van der Waals surface area (Å²) in [4.78, 5) is 16.8. The average molecular weight is 409 g/mol. The number of carbonyl (C=O) groups excluding carboxylic acids is 1. The van der Waals surface area contributed by atoms with Crippen LogP contribution in [0.3, 0.4) is 0 Å². The molecule has 158 valence electrons. The molecule has 1 N–H and O–H groups in total. The van der Waals surface area contributed by atoms with Crippen LogP contribution < -0.4 is 10.1 Å². The van der Waals surface area contributed by atoms with E-state index >= 15 is 0 Å². The Bertz CT molecular complexity index is 994. The summed E-state index contributed by atoms with van der Waals surface area (Å²) in [6.45, 7) is 6.38. The molecular weight excluding hydrogens is 380 g/mol. The summed E-state index contributed by atoms with van der Waals surface area (Å²) in [5.74, 6) is 0.829. The monoisotopic (exact) mass is 408 g/mol. The quantitative estimate of drug-likeness (QED) is 0.649. The summed E-state index contributed by atoms with van der Waals surface area (Å²) < 4.78 is 13.6. The number of nitrogens with one attached hydrogen (secondary N) is 1. The lowest BCUT2D eigenvalue weighted by Gasteiger charge is -2.24. The van der Waals surface area contributed by atoms with E-state index in [1.165, 1.54) is 0 Å². The van der Waals surface area contributed by atoms with Gasteiger partial charge in [-0.15, -0.1) is 5.10 Å². The predicted octanol–water partition coefficient (Wildman–Crippen LogP) is 3.33. The maximum Gasteiger partial charge on any atom is 0.263 e. The molecule has 3 heterocycles. The molecule has 1 aliphatic rings. The molecule has 1 fully saturated rings. The Kier molecular flexibility index (Phi) is 5.99. The second-order valence-electron chi connectivity index (χ2n) is 8.21. The Hall–Kier alpha value is -2.93. The highest BCUT2D eigenvalue weighted by Gasteiger charge is 2.32. The summed E-state index contributed by atoms with van der Waals surface area (Å²) in [5.41, 5.74) is 0.945. The Balaban J connectivity index is 1.49. The number of ether oxygens (including phenoxy) is 2. The number of hydrogen-bond acceptors (Lipinski definition) is 5. The molecule has 0 saturated carbocycles. The van der Waals surface area contributed by atoms with Crippen LogP contribution in [0.1, 0.15) is 32.3 Å². The van der Waals surface area contributed by atoms with Crippen LogP contribution in [0.15, 0.2) is 48.8 Å². The second kappa shape index (κ2) is 8.83. The van der Waals surface area contributed by atoms with Gasteiger partial charge in [0.1, 0.15) is 0 Å². The summed E-state index contributed by atoms with van der Waals surface area (Å²) in [6, 6.07) is 11.8. The van der Waals surface area contributed by atoms with Crippen molar-refractivity contribution in [2.24, 2.45) is 5.92 Å². The minimum Gasteiger partial charge on any atom is -0.460 e. The molecule has 1 aromatic carbocycles. The Morgan fingerprint density at radius 2 is 1.93 bits per heavy atom. The van der Waals surface area contributed by atoms with E-state index in [1.54, 1.807) is 26.2 Å². The van der Waals surface area contributed by atoms with Crippen molar-refractivity contribution >= 4 is 16.8 Å². The van der Waals surface area contributed by atoms with Gasteiger partial charge in [0.05, 0.1) is 10.9 Å². The number of nitrogens with zero attached hydrogens (tertiary/aromatic N) is 3. The first kappa shape index (κ1) is 20.3. The molecule has 7 heteroatoms. The SMILES string of the molecule is CC(C)(Oc1nn(CC2CCOCC2)c2ccccc12)C(=O)NCc1ccncc1. The van der Waals surface area contributed by atoms with Gasteiger partial charge < -0.3 is 14.8 Å². The zero-order chi connectivity index (χ0) is 21.0. The number of benzene rings is 1. The molecule has 1 saturated heterocycles. The molecular formula is C23H28N4O3. The van der Waals surface area contributed by atoms with Crippen LogP contribution in [0.2, 0.25) is 0 Å². The first-order chi connectivity index (χ1) is 14.5. The van der Waals surface area contributed by atoms with Crippen molar-refractivity contribution < 1.29 is 14.3 Å². The van der Waals surface area contributed by atoms with Crippen molar-refractivity contribution in [3.05, 3.63) is 54.4 Å². The van der Waals surface area contributed by atoms with E-state index in [0.29, 0.717) is 18.3 Å². The normalized spacial score (nSPS) is 15.3. The summed E-state index contributed by atoms with van der Waals surface area (Å²) in [6.07, 6.45) is 5.49. The van der Waals surface area contributed by atoms with E-state index < -0.39 is 5.60 Å². The molecule has 30 heavy (non-hydrogen) atoms. The van der Waals surface area contributed by atoms with Gasteiger partial charge in [-0.05, 0) is 62.4 Å². The summed E-state index contributed by atoms with van der Waals surface area (Å²) >= 11 is 0. The molecule has 0 bridgehead atoms. The number of para-hydroxylation sites is 1. The Morgan fingerprint density at radius 3 is 2.70 bits per heavy atom. The van der Waals surface area contributed by atoms with Gasteiger partial charge in [-0.25, -0.2) is 0 Å². The Morgan fingerprint density at radius 1 is 1.20 bits per heavy atom. The molecule has 2 aromatic heterocycles. The van der Waals surface area contributed by atoms with Crippen LogP contribution in [0.25, 0.3) is 10.9 Å². The number of pyridine rings is 1. The maximum atomic E-state index is 12.8. The molecule has 1 amide bonds. The van der Waals surface area contributed by atoms with Gasteiger partial charge in [0, 0.05) is 38.7 Å². The molecule has 0 aliphatic carbocycles. The summed E-state index contributed by atoms with van der Waals surface area (Å²) in [5, 5.41) is 8.59. The van der Waals surface area contributed by atoms with Crippen LogP contribution in [-0.2, 0) is 22.6 Å². The topological polar surface area (TPSA) is 78.3 Å². The number of fused-ring (bicyclic) bond motifs is 1. The number of hydrogen-bond donors (Lipinski definition) is 1. The highest BCUT2D eigenvalue weighted by molar-refractivity contribution is 5.87. The lowest BCUT2D eigenvalue weighted by molar-refractivity contribution is -0.134. The van der Waals surface area contributed by atoms with E-state index in [2.05, 4.69) is 10.3 Å². The third-order valence-corrected chi connectivity index (χ3v) is 5.50. The van der Waals surface area contributed by atoms with Crippen LogP contribution in [0.4, 0.5) is 0 Å². The van der Waals surface area contributed by atoms with Crippen LogP contribution in [0, 0.1) is 5.92 Å². The minimum absolute atomic E-state index is 0.192. The minimum atomic E-state index is -1.06. The largest absolute Gasteiger partial charge is 0.460 e. The lowest BCUT2D eigenvalue weighted by Crippen LogP contribution is -2.46. The van der Waals surface area contributed by atoms with Gasteiger partial charge >= 0.3 is 0 Å². The highest BCUT2D eigenvalue weighted by Crippen LogP contribution is 2.29. The van der Waals surface area contributed by atoms with E-state index in [1.807, 2.05) is 41.1 Å². The van der Waals surface area contributed by atoms with Gasteiger partial charge in [-0.1, -0.05) is 12.1 Å². The molecule has 3 aromatic rings.